The summed E-state index contributed by atoms with van der Waals surface area (Å²) in [6.45, 7) is 9.93. The molecule has 190 valence electrons. The van der Waals surface area contributed by atoms with Crippen molar-refractivity contribution in [2.75, 3.05) is 26.2 Å². The van der Waals surface area contributed by atoms with Gasteiger partial charge >= 0.3 is 11.9 Å². The predicted octanol–water partition coefficient (Wildman–Crippen LogP) is 2.81. The quantitative estimate of drug-likeness (QED) is 0.582. The fourth-order valence-corrected chi connectivity index (χ4v) is 3.89. The minimum Gasteiger partial charge on any atom is -0.461 e. The largest absolute Gasteiger partial charge is 0.461 e. The molecule has 1 aliphatic rings. The summed E-state index contributed by atoms with van der Waals surface area (Å²) >= 11 is 0. The van der Waals surface area contributed by atoms with Crippen molar-refractivity contribution in [3.8, 4) is 0 Å². The van der Waals surface area contributed by atoms with Gasteiger partial charge in [-0.25, -0.2) is 0 Å². The number of benzene rings is 1. The van der Waals surface area contributed by atoms with E-state index in [9.17, 15) is 9.59 Å². The van der Waals surface area contributed by atoms with E-state index in [1.54, 1.807) is 0 Å². The molecule has 2 N–H and O–H groups in total. The zero-order chi connectivity index (χ0) is 25.1. The molecule has 2 aromatic rings. The van der Waals surface area contributed by atoms with Crippen LogP contribution in [0.4, 0.5) is 0 Å². The maximum absolute atomic E-state index is 13.3. The molecule has 1 unspecified atom stereocenters. The number of hydrogen-bond donors (Lipinski definition) is 2. The number of pyridine rings is 1. The number of nitrogens with zero attached hydrogens (tertiary/aromatic N) is 2. The monoisotopic (exact) mass is 482 g/mol. The first kappa shape index (κ1) is 26.8. The second-order valence-corrected chi connectivity index (χ2v) is 9.75. The molecule has 0 saturated carbocycles. The summed E-state index contributed by atoms with van der Waals surface area (Å²) in [7, 11) is 0. The van der Waals surface area contributed by atoms with Gasteiger partial charge in [-0.3, -0.25) is 19.5 Å². The summed E-state index contributed by atoms with van der Waals surface area (Å²) in [4.78, 5) is 32.6. The van der Waals surface area contributed by atoms with Crippen LogP contribution < -0.4 is 10.6 Å². The lowest BCUT2D eigenvalue weighted by Crippen LogP contribution is -2.47. The summed E-state index contributed by atoms with van der Waals surface area (Å²) in [5.74, 6) is -0.667. The number of nitrogens with one attached hydrogen (secondary N) is 2. The Bertz CT molecular complexity index is 946. The second-order valence-electron chi connectivity index (χ2n) is 9.75. The van der Waals surface area contributed by atoms with Crippen LogP contribution in [0.25, 0.3) is 0 Å². The van der Waals surface area contributed by atoms with Gasteiger partial charge in [-0.05, 0) is 44.9 Å². The van der Waals surface area contributed by atoms with Crippen LogP contribution in [0.1, 0.15) is 50.6 Å². The maximum atomic E-state index is 13.3. The van der Waals surface area contributed by atoms with Crippen molar-refractivity contribution in [3.63, 3.8) is 0 Å². The van der Waals surface area contributed by atoms with Crippen molar-refractivity contribution < 1.29 is 19.1 Å². The maximum Gasteiger partial charge on any atom is 0.323 e. The first-order chi connectivity index (χ1) is 16.8. The van der Waals surface area contributed by atoms with Crippen LogP contribution in [0, 0.1) is 0 Å². The van der Waals surface area contributed by atoms with E-state index in [-0.39, 0.29) is 25.0 Å². The normalized spacial score (nSPS) is 16.4. The Morgan fingerprint density at radius 3 is 2.51 bits per heavy atom. The van der Waals surface area contributed by atoms with Crippen molar-refractivity contribution in [3.05, 3.63) is 65.5 Å². The van der Waals surface area contributed by atoms with Crippen molar-refractivity contribution in [2.45, 2.75) is 65.0 Å². The molecule has 35 heavy (non-hydrogen) atoms. The zero-order valence-electron chi connectivity index (χ0n) is 21.1. The van der Waals surface area contributed by atoms with Gasteiger partial charge in [0.25, 0.3) is 0 Å². The van der Waals surface area contributed by atoms with Gasteiger partial charge in [-0.15, -0.1) is 0 Å². The zero-order valence-corrected chi connectivity index (χ0v) is 21.1. The predicted molar refractivity (Wildman–Crippen MR) is 134 cm³/mol. The molecule has 2 bridgehead atoms. The molecular weight excluding hydrogens is 444 g/mol. The van der Waals surface area contributed by atoms with E-state index in [0.29, 0.717) is 32.6 Å². The van der Waals surface area contributed by atoms with Crippen LogP contribution >= 0.6 is 0 Å². The van der Waals surface area contributed by atoms with E-state index < -0.39 is 11.6 Å². The van der Waals surface area contributed by atoms with Crippen molar-refractivity contribution in [1.29, 1.82) is 0 Å². The van der Waals surface area contributed by atoms with Gasteiger partial charge in [0.05, 0.1) is 11.4 Å². The number of carbonyl (C=O) groups excluding carboxylic acids is 2. The van der Waals surface area contributed by atoms with Gasteiger partial charge < -0.3 is 20.1 Å². The van der Waals surface area contributed by atoms with Crippen LogP contribution in [0.15, 0.2) is 48.5 Å². The molecule has 0 saturated heterocycles. The fraction of sp³-hybridized carbons (Fsp3) is 0.519. The molecule has 0 fully saturated rings. The molecule has 1 aromatic carbocycles. The lowest BCUT2D eigenvalue weighted by atomic mass is 10.1. The van der Waals surface area contributed by atoms with Crippen LogP contribution in [-0.4, -0.2) is 59.6 Å². The number of esters is 2. The summed E-state index contributed by atoms with van der Waals surface area (Å²) in [5, 5.41) is 6.80. The lowest BCUT2D eigenvalue weighted by molar-refractivity contribution is -0.162. The highest BCUT2D eigenvalue weighted by atomic mass is 16.6. The van der Waals surface area contributed by atoms with Crippen molar-refractivity contribution in [2.24, 2.45) is 0 Å². The highest BCUT2D eigenvalue weighted by molar-refractivity contribution is 5.77. The summed E-state index contributed by atoms with van der Waals surface area (Å²) in [6.07, 6.45) is 0.432. The van der Waals surface area contributed by atoms with Gasteiger partial charge in [0.2, 0.25) is 0 Å². The highest BCUT2D eigenvalue weighted by Crippen LogP contribution is 2.18. The van der Waals surface area contributed by atoms with Crippen LogP contribution in [-0.2, 0) is 38.8 Å². The molecule has 1 aromatic heterocycles. The van der Waals surface area contributed by atoms with E-state index in [1.165, 1.54) is 0 Å². The molecule has 1 atom stereocenters. The standard InChI is InChI=1S/C27H38N4O4/c1-27(2,3)35-26(33)24(12-13-25(32)34-20-21-8-5-4-6-9-21)31-17-16-28-14-15-29-18-22-10-7-11-23(19-31)30-22/h4-11,24,28-29H,12-20H2,1-3H3. The van der Waals surface area contributed by atoms with E-state index in [4.69, 9.17) is 14.5 Å². The SMILES string of the molecule is CC(C)(C)OC(=O)C(CCC(=O)OCc1ccccc1)N1CCNCCNCc2cccc(n2)C1. The lowest BCUT2D eigenvalue weighted by Gasteiger charge is -2.32. The first-order valence-corrected chi connectivity index (χ1v) is 12.3. The molecule has 0 amide bonds. The summed E-state index contributed by atoms with van der Waals surface area (Å²) in [6, 6.07) is 14.9. The summed E-state index contributed by atoms with van der Waals surface area (Å²) < 4.78 is 11.2. The Hall–Kier alpha value is -2.81. The first-order valence-electron chi connectivity index (χ1n) is 12.3. The molecular formula is C27H38N4O4. The average Bonchev–Trinajstić information content (AvgIpc) is 2.81. The van der Waals surface area contributed by atoms with Gasteiger partial charge in [-0.2, -0.15) is 0 Å². The Morgan fingerprint density at radius 1 is 1.00 bits per heavy atom. The fourth-order valence-electron chi connectivity index (χ4n) is 3.89. The van der Waals surface area contributed by atoms with Crippen LogP contribution in [0.2, 0.25) is 0 Å². The highest BCUT2D eigenvalue weighted by Gasteiger charge is 2.31. The smallest absolute Gasteiger partial charge is 0.323 e. The van der Waals surface area contributed by atoms with E-state index >= 15 is 0 Å². The van der Waals surface area contributed by atoms with Gasteiger partial charge in [-0.1, -0.05) is 36.4 Å². The molecule has 0 spiro atoms. The molecule has 8 nitrogen and oxygen atoms in total. The number of fused-ring (bicyclic) bond motifs is 2. The minimum absolute atomic E-state index is 0.123. The van der Waals surface area contributed by atoms with E-state index in [1.807, 2.05) is 69.3 Å². The van der Waals surface area contributed by atoms with Crippen molar-refractivity contribution in [1.82, 2.24) is 20.5 Å². The Morgan fingerprint density at radius 2 is 1.74 bits per heavy atom. The third-order valence-electron chi connectivity index (χ3n) is 5.57. The van der Waals surface area contributed by atoms with Gasteiger partial charge in [0, 0.05) is 45.7 Å². The molecule has 3 rings (SSSR count). The second kappa shape index (κ2) is 13.3. The molecule has 2 heterocycles. The number of carbonyl (C=O) groups is 2. The van der Waals surface area contributed by atoms with Crippen molar-refractivity contribution >= 4 is 11.9 Å². The molecule has 8 heteroatoms. The Labute approximate surface area is 208 Å². The third kappa shape index (κ3) is 9.76. The number of rotatable bonds is 7. The molecule has 1 aliphatic heterocycles. The van der Waals surface area contributed by atoms with E-state index in [0.717, 1.165) is 30.0 Å². The number of aromatic nitrogens is 1. The molecule has 0 radical (unpaired) electrons. The number of ether oxygens (including phenoxy) is 2. The average molecular weight is 483 g/mol. The van der Waals surface area contributed by atoms with Gasteiger partial charge in [0.1, 0.15) is 18.2 Å². The topological polar surface area (TPSA) is 92.8 Å². The third-order valence-corrected chi connectivity index (χ3v) is 5.57. The minimum atomic E-state index is -0.627. The number of hydrogen-bond acceptors (Lipinski definition) is 8. The Balaban J connectivity index is 1.73. The van der Waals surface area contributed by atoms with Crippen LogP contribution in [0.5, 0.6) is 0 Å². The Kier molecular flexibility index (Phi) is 10.2. The van der Waals surface area contributed by atoms with E-state index in [2.05, 4.69) is 15.5 Å². The molecule has 0 aliphatic carbocycles. The van der Waals surface area contributed by atoms with Gasteiger partial charge in [0.15, 0.2) is 0 Å². The summed E-state index contributed by atoms with van der Waals surface area (Å²) in [5.41, 5.74) is 2.14. The van der Waals surface area contributed by atoms with Crippen LogP contribution in [0.3, 0.4) is 0 Å².